The molecule has 1 aromatic rings. The number of hydrogen-bond acceptors (Lipinski definition) is 2. The van der Waals surface area contributed by atoms with Gasteiger partial charge in [-0.2, -0.15) is 0 Å². The fraction of sp³-hybridized carbons (Fsp3) is 0.533. The first kappa shape index (κ1) is 12.9. The summed E-state index contributed by atoms with van der Waals surface area (Å²) in [5.74, 6) is -0.124. The summed E-state index contributed by atoms with van der Waals surface area (Å²) < 4.78 is 0. The Morgan fingerprint density at radius 3 is 2.67 bits per heavy atom. The molecule has 0 amide bonds. The molecule has 3 nitrogen and oxygen atoms in total. The maximum absolute atomic E-state index is 10.9. The molecule has 1 saturated carbocycles. The minimum Gasteiger partial charge on any atom is -0.481 e. The van der Waals surface area contributed by atoms with E-state index in [-0.39, 0.29) is 5.92 Å². The maximum atomic E-state index is 10.9. The van der Waals surface area contributed by atoms with Gasteiger partial charge in [-0.3, -0.25) is 4.79 Å². The largest absolute Gasteiger partial charge is 0.481 e. The number of hydrogen-bond donors (Lipinski definition) is 2. The first-order valence-electron chi connectivity index (χ1n) is 6.68. The Morgan fingerprint density at radius 2 is 2.06 bits per heavy atom. The van der Waals surface area contributed by atoms with Gasteiger partial charge in [0.2, 0.25) is 0 Å². The van der Waals surface area contributed by atoms with Crippen LogP contribution in [0.5, 0.6) is 0 Å². The van der Waals surface area contributed by atoms with Crippen molar-refractivity contribution in [3.63, 3.8) is 0 Å². The third kappa shape index (κ3) is 3.49. The van der Waals surface area contributed by atoms with E-state index in [0.717, 1.165) is 37.9 Å². The topological polar surface area (TPSA) is 49.3 Å². The van der Waals surface area contributed by atoms with Crippen LogP contribution in [0, 0.1) is 18.8 Å². The molecule has 0 radical (unpaired) electrons. The molecule has 2 N–H and O–H groups in total. The first-order chi connectivity index (χ1) is 8.65. The molecular weight excluding hydrogens is 226 g/mol. The minimum atomic E-state index is -0.625. The van der Waals surface area contributed by atoms with E-state index in [1.54, 1.807) is 0 Å². The normalized spacial score (nSPS) is 23.6. The lowest BCUT2D eigenvalue weighted by Gasteiger charge is -2.26. The number of aliphatic carboxylic acids is 1. The molecule has 0 aliphatic heterocycles. The fourth-order valence-corrected chi connectivity index (χ4v) is 2.63. The van der Waals surface area contributed by atoms with Gasteiger partial charge in [-0.25, -0.2) is 0 Å². The Hall–Kier alpha value is -1.51. The van der Waals surface area contributed by atoms with Crippen LogP contribution in [0.25, 0.3) is 0 Å². The van der Waals surface area contributed by atoms with Crippen LogP contribution in [0.3, 0.4) is 0 Å². The van der Waals surface area contributed by atoms with Crippen molar-refractivity contribution in [2.45, 2.75) is 32.6 Å². The molecule has 0 aromatic heterocycles. The number of nitrogens with one attached hydrogen (secondary N) is 1. The van der Waals surface area contributed by atoms with Gasteiger partial charge in [-0.05, 0) is 56.2 Å². The van der Waals surface area contributed by atoms with Crippen molar-refractivity contribution in [3.05, 3.63) is 29.8 Å². The van der Waals surface area contributed by atoms with E-state index in [4.69, 9.17) is 5.11 Å². The highest BCUT2D eigenvalue weighted by Gasteiger charge is 2.25. The molecule has 1 aromatic carbocycles. The number of benzene rings is 1. The van der Waals surface area contributed by atoms with Gasteiger partial charge < -0.3 is 10.4 Å². The maximum Gasteiger partial charge on any atom is 0.306 e. The van der Waals surface area contributed by atoms with Gasteiger partial charge in [-0.15, -0.1) is 0 Å². The highest BCUT2D eigenvalue weighted by atomic mass is 16.4. The van der Waals surface area contributed by atoms with Gasteiger partial charge in [0.1, 0.15) is 0 Å². The van der Waals surface area contributed by atoms with Crippen LogP contribution in [0.1, 0.15) is 31.2 Å². The zero-order valence-corrected chi connectivity index (χ0v) is 10.9. The average Bonchev–Trinajstić information content (AvgIpc) is 2.37. The Bertz CT molecular complexity index is 409. The monoisotopic (exact) mass is 247 g/mol. The number of carbonyl (C=O) groups is 1. The molecule has 3 heteroatoms. The van der Waals surface area contributed by atoms with Crippen LogP contribution in [0.4, 0.5) is 5.69 Å². The summed E-state index contributed by atoms with van der Waals surface area (Å²) in [4.78, 5) is 10.9. The highest BCUT2D eigenvalue weighted by molar-refractivity contribution is 5.70. The third-order valence-electron chi connectivity index (χ3n) is 3.81. The predicted molar refractivity (Wildman–Crippen MR) is 72.8 cm³/mol. The van der Waals surface area contributed by atoms with Crippen molar-refractivity contribution >= 4 is 11.7 Å². The average molecular weight is 247 g/mol. The van der Waals surface area contributed by atoms with E-state index in [9.17, 15) is 4.79 Å². The molecule has 98 valence electrons. The summed E-state index contributed by atoms with van der Waals surface area (Å²) >= 11 is 0. The Balaban J connectivity index is 1.77. The molecular formula is C15H21NO2. The van der Waals surface area contributed by atoms with Gasteiger partial charge in [0.25, 0.3) is 0 Å². The summed E-state index contributed by atoms with van der Waals surface area (Å²) in [6.45, 7) is 3.04. The van der Waals surface area contributed by atoms with Gasteiger partial charge in [0.15, 0.2) is 0 Å². The molecule has 0 unspecified atom stereocenters. The molecule has 0 atom stereocenters. The highest BCUT2D eigenvalue weighted by Crippen LogP contribution is 2.29. The second-order valence-electron chi connectivity index (χ2n) is 5.31. The van der Waals surface area contributed by atoms with E-state index in [0.29, 0.717) is 5.92 Å². The van der Waals surface area contributed by atoms with Crippen molar-refractivity contribution in [2.75, 3.05) is 11.9 Å². The van der Waals surface area contributed by atoms with Crippen molar-refractivity contribution in [2.24, 2.45) is 11.8 Å². The molecule has 1 aliphatic rings. The van der Waals surface area contributed by atoms with Crippen molar-refractivity contribution in [3.8, 4) is 0 Å². The van der Waals surface area contributed by atoms with Gasteiger partial charge >= 0.3 is 5.97 Å². The summed E-state index contributed by atoms with van der Waals surface area (Å²) in [7, 11) is 0. The number of aryl methyl sites for hydroxylation is 1. The third-order valence-corrected chi connectivity index (χ3v) is 3.81. The van der Waals surface area contributed by atoms with E-state index in [1.807, 2.05) is 0 Å². The molecule has 0 bridgehead atoms. The van der Waals surface area contributed by atoms with Crippen LogP contribution in [-0.2, 0) is 4.79 Å². The Labute approximate surface area is 108 Å². The van der Waals surface area contributed by atoms with Gasteiger partial charge in [0.05, 0.1) is 5.92 Å². The lowest BCUT2D eigenvalue weighted by Crippen LogP contribution is -2.25. The van der Waals surface area contributed by atoms with E-state index in [2.05, 4.69) is 36.5 Å². The lowest BCUT2D eigenvalue weighted by atomic mass is 9.82. The predicted octanol–water partition coefficient (Wildman–Crippen LogP) is 3.30. The summed E-state index contributed by atoms with van der Waals surface area (Å²) in [6.07, 6.45) is 3.70. The molecule has 2 rings (SSSR count). The summed E-state index contributed by atoms with van der Waals surface area (Å²) in [5, 5.41) is 12.4. The lowest BCUT2D eigenvalue weighted by molar-refractivity contribution is -0.143. The molecule has 18 heavy (non-hydrogen) atoms. The van der Waals surface area contributed by atoms with Crippen LogP contribution < -0.4 is 5.32 Å². The first-order valence-corrected chi connectivity index (χ1v) is 6.68. The smallest absolute Gasteiger partial charge is 0.306 e. The number of anilines is 1. The van der Waals surface area contributed by atoms with Crippen molar-refractivity contribution < 1.29 is 9.90 Å². The molecule has 1 aliphatic carbocycles. The second-order valence-corrected chi connectivity index (χ2v) is 5.31. The number of carboxylic acids is 1. The molecule has 1 fully saturated rings. The fourth-order valence-electron chi connectivity index (χ4n) is 2.63. The minimum absolute atomic E-state index is 0.111. The van der Waals surface area contributed by atoms with Crippen molar-refractivity contribution in [1.29, 1.82) is 0 Å². The number of rotatable bonds is 4. The molecule has 0 saturated heterocycles. The summed E-state index contributed by atoms with van der Waals surface area (Å²) in [6, 6.07) is 8.36. The van der Waals surface area contributed by atoms with Crippen LogP contribution in [0.2, 0.25) is 0 Å². The van der Waals surface area contributed by atoms with Gasteiger partial charge in [-0.1, -0.05) is 12.1 Å². The Kier molecular flexibility index (Phi) is 4.24. The van der Waals surface area contributed by atoms with E-state index in [1.165, 1.54) is 5.56 Å². The number of carboxylic acid groups (broad SMARTS) is 1. The Morgan fingerprint density at radius 1 is 1.33 bits per heavy atom. The summed E-state index contributed by atoms with van der Waals surface area (Å²) in [5.41, 5.74) is 2.42. The molecule has 0 spiro atoms. The quantitative estimate of drug-likeness (QED) is 0.858. The zero-order valence-electron chi connectivity index (χ0n) is 10.9. The molecule has 0 heterocycles. The second kappa shape index (κ2) is 5.89. The van der Waals surface area contributed by atoms with Gasteiger partial charge in [0, 0.05) is 12.2 Å². The van der Waals surface area contributed by atoms with Crippen molar-refractivity contribution in [1.82, 2.24) is 0 Å². The van der Waals surface area contributed by atoms with E-state index < -0.39 is 5.97 Å². The van der Waals surface area contributed by atoms with Crippen LogP contribution >= 0.6 is 0 Å². The standard InChI is InChI=1S/C15H21NO2/c1-11-3-2-4-14(9-11)16-10-12-5-7-13(8-6-12)15(17)18/h2-4,9,12-13,16H,5-8,10H2,1H3,(H,17,18). The van der Waals surface area contributed by atoms with Crippen LogP contribution in [0.15, 0.2) is 24.3 Å². The SMILES string of the molecule is Cc1cccc(NCC2CCC(C(=O)O)CC2)c1. The van der Waals surface area contributed by atoms with E-state index >= 15 is 0 Å². The van der Waals surface area contributed by atoms with Crippen LogP contribution in [-0.4, -0.2) is 17.6 Å². The zero-order chi connectivity index (χ0) is 13.0.